The van der Waals surface area contributed by atoms with Crippen molar-refractivity contribution in [2.75, 3.05) is 7.11 Å². The molecular formula is C27H24O7S2. The second-order valence-electron chi connectivity index (χ2n) is 8.19. The van der Waals surface area contributed by atoms with Crippen LogP contribution >= 0.6 is 0 Å². The molecule has 1 N–H and O–H groups in total. The molecule has 4 aromatic rings. The van der Waals surface area contributed by atoms with E-state index in [-0.39, 0.29) is 21.3 Å². The zero-order chi connectivity index (χ0) is 26.1. The van der Waals surface area contributed by atoms with Crippen molar-refractivity contribution in [1.82, 2.24) is 0 Å². The lowest BCUT2D eigenvalue weighted by atomic mass is 10.1. The number of benzene rings is 4. The molecule has 0 aliphatic rings. The summed E-state index contributed by atoms with van der Waals surface area (Å²) < 4.78 is 70.9. The molecule has 0 bridgehead atoms. The average Bonchev–Trinajstić information content (AvgIpc) is 2.85. The third-order valence-corrected chi connectivity index (χ3v) is 8.44. The van der Waals surface area contributed by atoms with E-state index in [0.717, 1.165) is 11.1 Å². The molecule has 0 aliphatic carbocycles. The van der Waals surface area contributed by atoms with Gasteiger partial charge in [-0.25, -0.2) is 8.42 Å². The summed E-state index contributed by atoms with van der Waals surface area (Å²) in [4.78, 5) is -0.160. The Morgan fingerprint density at radius 1 is 0.639 bits per heavy atom. The van der Waals surface area contributed by atoms with Gasteiger partial charge in [0.05, 0.1) is 16.9 Å². The van der Waals surface area contributed by atoms with Gasteiger partial charge in [-0.2, -0.15) is 8.42 Å². The van der Waals surface area contributed by atoms with Crippen LogP contribution in [0, 0.1) is 13.8 Å². The summed E-state index contributed by atoms with van der Waals surface area (Å²) in [6.07, 6.45) is 0. The van der Waals surface area contributed by atoms with E-state index in [9.17, 15) is 21.4 Å². The third-order valence-electron chi connectivity index (χ3n) is 5.80. The lowest BCUT2D eigenvalue weighted by molar-refractivity contribution is 0.415. The van der Waals surface area contributed by atoms with Crippen molar-refractivity contribution in [3.63, 3.8) is 0 Å². The highest BCUT2D eigenvalue weighted by Gasteiger charge is 2.21. The summed E-state index contributed by atoms with van der Waals surface area (Å²) in [7, 11) is -6.81. The molecule has 186 valence electrons. The SMILES string of the molecule is COc1ccc(-c2ccc(Oc3ccc(S(=O)(=O)c4ccc(C)c(C)c4)cc3)c(S(=O)(=O)O)c2)cc1. The first-order chi connectivity index (χ1) is 17.0. The van der Waals surface area contributed by atoms with E-state index in [0.29, 0.717) is 16.9 Å². The molecule has 9 heteroatoms. The minimum atomic E-state index is -4.62. The predicted molar refractivity (Wildman–Crippen MR) is 136 cm³/mol. The maximum absolute atomic E-state index is 13.0. The van der Waals surface area contributed by atoms with Gasteiger partial charge in [-0.1, -0.05) is 24.3 Å². The third kappa shape index (κ3) is 5.28. The molecule has 0 aliphatic heterocycles. The van der Waals surface area contributed by atoms with E-state index >= 15 is 0 Å². The topological polar surface area (TPSA) is 107 Å². The van der Waals surface area contributed by atoms with E-state index in [4.69, 9.17) is 9.47 Å². The number of methoxy groups -OCH3 is 1. The molecule has 0 saturated carbocycles. The van der Waals surface area contributed by atoms with Gasteiger partial charge >= 0.3 is 0 Å². The molecule has 0 aromatic heterocycles. The van der Waals surface area contributed by atoms with Gasteiger partial charge in [-0.15, -0.1) is 0 Å². The molecule has 0 heterocycles. The van der Waals surface area contributed by atoms with E-state index in [1.54, 1.807) is 55.6 Å². The Labute approximate surface area is 210 Å². The Hall–Kier alpha value is -3.66. The van der Waals surface area contributed by atoms with Crippen LogP contribution in [0.2, 0.25) is 0 Å². The molecule has 4 rings (SSSR count). The first kappa shape index (κ1) is 25.4. The van der Waals surface area contributed by atoms with Crippen LogP contribution < -0.4 is 9.47 Å². The molecule has 0 amide bonds. The molecule has 0 atom stereocenters. The Morgan fingerprint density at radius 3 is 1.81 bits per heavy atom. The maximum Gasteiger partial charge on any atom is 0.298 e. The Bertz CT molecular complexity index is 1620. The van der Waals surface area contributed by atoms with Crippen molar-refractivity contribution in [1.29, 1.82) is 0 Å². The van der Waals surface area contributed by atoms with Gasteiger partial charge in [0.1, 0.15) is 22.1 Å². The second kappa shape index (κ2) is 9.77. The van der Waals surface area contributed by atoms with Crippen LogP contribution in [0.15, 0.2) is 99.6 Å². The molecule has 7 nitrogen and oxygen atoms in total. The molecule has 0 fully saturated rings. The van der Waals surface area contributed by atoms with Gasteiger partial charge in [0, 0.05) is 0 Å². The quantitative estimate of drug-likeness (QED) is 0.302. The second-order valence-corrected chi connectivity index (χ2v) is 11.5. The number of hydrogen-bond acceptors (Lipinski definition) is 6. The zero-order valence-corrected chi connectivity index (χ0v) is 21.4. The van der Waals surface area contributed by atoms with Crippen LogP contribution in [0.4, 0.5) is 0 Å². The average molecular weight is 525 g/mol. The highest BCUT2D eigenvalue weighted by atomic mass is 32.2. The van der Waals surface area contributed by atoms with E-state index < -0.39 is 24.9 Å². The van der Waals surface area contributed by atoms with Crippen molar-refractivity contribution < 1.29 is 30.9 Å². The molecule has 0 radical (unpaired) electrons. The zero-order valence-electron chi connectivity index (χ0n) is 19.8. The summed E-state index contributed by atoms with van der Waals surface area (Å²) >= 11 is 0. The first-order valence-electron chi connectivity index (χ1n) is 10.9. The van der Waals surface area contributed by atoms with Gasteiger partial charge < -0.3 is 9.47 Å². The Kier molecular flexibility index (Phi) is 6.90. The van der Waals surface area contributed by atoms with Crippen molar-refractivity contribution in [2.45, 2.75) is 28.5 Å². The summed E-state index contributed by atoms with van der Waals surface area (Å²) in [5.74, 6) is 0.757. The lowest BCUT2D eigenvalue weighted by Gasteiger charge is -2.12. The van der Waals surface area contributed by atoms with Gasteiger partial charge in [0.25, 0.3) is 10.1 Å². The Balaban J connectivity index is 1.64. The molecule has 4 aromatic carbocycles. The van der Waals surface area contributed by atoms with Crippen LogP contribution in [0.25, 0.3) is 11.1 Å². The maximum atomic E-state index is 13.0. The van der Waals surface area contributed by atoms with Crippen LogP contribution in [0.1, 0.15) is 11.1 Å². The molecule has 0 saturated heterocycles. The predicted octanol–water partition coefficient (Wildman–Crippen LogP) is 5.85. The fourth-order valence-corrected chi connectivity index (χ4v) is 5.57. The standard InChI is InChI=1S/C27H24O7S2/c1-18-4-12-25(16-19(18)2)35(28,29)24-13-10-23(11-14-24)34-26-15-7-21(17-27(26)36(30,31)32)20-5-8-22(33-3)9-6-20/h4-17H,1-3H3,(H,30,31,32). The number of ether oxygens (including phenoxy) is 2. The first-order valence-corrected chi connectivity index (χ1v) is 13.8. The largest absolute Gasteiger partial charge is 0.497 e. The van der Waals surface area contributed by atoms with Crippen molar-refractivity contribution in [3.05, 3.63) is 96.1 Å². The van der Waals surface area contributed by atoms with E-state index in [2.05, 4.69) is 0 Å². The summed E-state index contributed by atoms with van der Waals surface area (Å²) in [6.45, 7) is 3.75. The number of sulfone groups is 1. The van der Waals surface area contributed by atoms with Gasteiger partial charge in [0.2, 0.25) is 9.84 Å². The van der Waals surface area contributed by atoms with Crippen LogP contribution in [-0.4, -0.2) is 28.5 Å². The smallest absolute Gasteiger partial charge is 0.298 e. The van der Waals surface area contributed by atoms with Crippen LogP contribution in [0.5, 0.6) is 17.2 Å². The fourth-order valence-electron chi connectivity index (χ4n) is 3.59. The molecule has 36 heavy (non-hydrogen) atoms. The fraction of sp³-hybridized carbons (Fsp3) is 0.111. The van der Waals surface area contributed by atoms with Crippen molar-refractivity contribution >= 4 is 20.0 Å². The molecule has 0 spiro atoms. The highest BCUT2D eigenvalue weighted by Crippen LogP contribution is 2.34. The van der Waals surface area contributed by atoms with Gasteiger partial charge in [0.15, 0.2) is 0 Å². The summed E-state index contributed by atoms with van der Waals surface area (Å²) in [6, 6.07) is 22.0. The monoisotopic (exact) mass is 524 g/mol. The number of hydrogen-bond donors (Lipinski definition) is 1. The minimum absolute atomic E-state index is 0.0722. The number of aryl methyl sites for hydroxylation is 2. The van der Waals surface area contributed by atoms with Crippen molar-refractivity contribution in [3.8, 4) is 28.4 Å². The van der Waals surface area contributed by atoms with Gasteiger partial charge in [-0.05, 0) is 96.8 Å². The molecule has 0 unspecified atom stereocenters. The highest BCUT2D eigenvalue weighted by molar-refractivity contribution is 7.91. The Morgan fingerprint density at radius 2 is 1.22 bits per heavy atom. The van der Waals surface area contributed by atoms with Crippen molar-refractivity contribution in [2.24, 2.45) is 0 Å². The molecular weight excluding hydrogens is 500 g/mol. The van der Waals surface area contributed by atoms with E-state index in [1.807, 2.05) is 13.8 Å². The number of rotatable bonds is 7. The summed E-state index contributed by atoms with van der Waals surface area (Å²) in [5, 5.41) is 0. The van der Waals surface area contributed by atoms with Gasteiger partial charge in [-0.3, -0.25) is 4.55 Å². The van der Waals surface area contributed by atoms with Crippen LogP contribution in [0.3, 0.4) is 0 Å². The van der Waals surface area contributed by atoms with E-state index in [1.165, 1.54) is 36.4 Å². The summed E-state index contributed by atoms with van der Waals surface area (Å²) in [5.41, 5.74) is 3.12. The lowest BCUT2D eigenvalue weighted by Crippen LogP contribution is -2.03. The normalized spacial score (nSPS) is 11.8. The van der Waals surface area contributed by atoms with Crippen LogP contribution in [-0.2, 0) is 20.0 Å². The minimum Gasteiger partial charge on any atom is -0.497 e.